The predicted octanol–water partition coefficient (Wildman–Crippen LogP) is 6.70. The summed E-state index contributed by atoms with van der Waals surface area (Å²) in [6, 6.07) is 17.0. The Bertz CT molecular complexity index is 1110. The number of halogens is 3. The number of hydrogen-bond acceptors (Lipinski definition) is 3. The summed E-state index contributed by atoms with van der Waals surface area (Å²) < 4.78 is 35.2. The van der Waals surface area contributed by atoms with Crippen molar-refractivity contribution in [1.82, 2.24) is 0 Å². The minimum atomic E-state index is -3.72. The molecule has 0 bridgehead atoms. The molecule has 4 rings (SSSR count). The van der Waals surface area contributed by atoms with E-state index in [9.17, 15) is 13.6 Å². The molecule has 0 atom stereocenters. The fourth-order valence-corrected chi connectivity index (χ4v) is 3.55. The molecular formula is C23H18ClF2NO3. The van der Waals surface area contributed by atoms with E-state index in [0.29, 0.717) is 27.8 Å². The van der Waals surface area contributed by atoms with E-state index in [0.717, 1.165) is 5.56 Å². The van der Waals surface area contributed by atoms with Crippen LogP contribution in [0.2, 0.25) is 5.02 Å². The number of carbonyl (C=O) groups excluding carboxylic acids is 1. The Kier molecular flexibility index (Phi) is 5.12. The van der Waals surface area contributed by atoms with Gasteiger partial charge in [-0.2, -0.15) is 0 Å². The zero-order valence-corrected chi connectivity index (χ0v) is 17.0. The lowest BCUT2D eigenvalue weighted by atomic mass is 9.95. The van der Waals surface area contributed by atoms with Gasteiger partial charge in [-0.15, -0.1) is 8.78 Å². The van der Waals surface area contributed by atoms with Crippen LogP contribution >= 0.6 is 11.6 Å². The highest BCUT2D eigenvalue weighted by molar-refractivity contribution is 6.34. The summed E-state index contributed by atoms with van der Waals surface area (Å²) in [5.41, 5.74) is 3.23. The third-order valence-corrected chi connectivity index (χ3v) is 5.10. The largest absolute Gasteiger partial charge is 0.586 e. The Morgan fingerprint density at radius 1 is 1.00 bits per heavy atom. The summed E-state index contributed by atoms with van der Waals surface area (Å²) in [4.78, 5) is 13.0. The number of ether oxygens (including phenoxy) is 2. The summed E-state index contributed by atoms with van der Waals surface area (Å²) in [7, 11) is 0. The third kappa shape index (κ3) is 3.96. The van der Waals surface area contributed by atoms with E-state index in [4.69, 9.17) is 11.6 Å². The molecule has 0 spiro atoms. The van der Waals surface area contributed by atoms with Crippen molar-refractivity contribution in [2.75, 3.05) is 5.32 Å². The number of carbonyl (C=O) groups is 1. The molecule has 0 unspecified atom stereocenters. The molecular weight excluding hydrogens is 412 g/mol. The van der Waals surface area contributed by atoms with Gasteiger partial charge in [-0.3, -0.25) is 4.79 Å². The Morgan fingerprint density at radius 2 is 1.70 bits per heavy atom. The number of anilines is 1. The monoisotopic (exact) mass is 429 g/mol. The summed E-state index contributed by atoms with van der Waals surface area (Å²) in [5, 5.41) is 3.14. The highest BCUT2D eigenvalue weighted by Crippen LogP contribution is 2.42. The molecule has 0 radical (unpaired) electrons. The van der Waals surface area contributed by atoms with Gasteiger partial charge in [-0.05, 0) is 41.3 Å². The molecule has 0 fully saturated rings. The first-order valence-corrected chi connectivity index (χ1v) is 9.71. The lowest BCUT2D eigenvalue weighted by molar-refractivity contribution is -0.286. The average Bonchev–Trinajstić information content (AvgIpc) is 3.01. The molecule has 1 amide bonds. The van der Waals surface area contributed by atoms with Crippen molar-refractivity contribution in [2.45, 2.75) is 26.1 Å². The molecule has 1 N–H and O–H groups in total. The number of rotatable bonds is 4. The SMILES string of the molecule is CC(C)c1ccc(-c2c(Cl)cccc2C(=O)Nc2ccc3c(c2)OC(F)(F)O3)cc1. The summed E-state index contributed by atoms with van der Waals surface area (Å²) >= 11 is 6.42. The molecule has 1 aliphatic rings. The molecule has 4 nitrogen and oxygen atoms in total. The molecule has 3 aromatic carbocycles. The Hall–Kier alpha value is -3.12. The van der Waals surface area contributed by atoms with Gasteiger partial charge in [-0.1, -0.05) is 55.8 Å². The smallest absolute Gasteiger partial charge is 0.395 e. The topological polar surface area (TPSA) is 47.6 Å². The second-order valence-corrected chi connectivity index (χ2v) is 7.63. The first kappa shape index (κ1) is 20.2. The number of amides is 1. The molecule has 0 saturated carbocycles. The molecule has 30 heavy (non-hydrogen) atoms. The van der Waals surface area contributed by atoms with Crippen LogP contribution in [-0.4, -0.2) is 12.2 Å². The predicted molar refractivity (Wildman–Crippen MR) is 112 cm³/mol. The minimum absolute atomic E-state index is 0.0910. The maximum Gasteiger partial charge on any atom is 0.586 e. The maximum absolute atomic E-state index is 13.2. The van der Waals surface area contributed by atoms with Crippen molar-refractivity contribution in [3.63, 3.8) is 0 Å². The average molecular weight is 430 g/mol. The fourth-order valence-electron chi connectivity index (χ4n) is 3.27. The third-order valence-electron chi connectivity index (χ3n) is 4.78. The number of alkyl halides is 2. The maximum atomic E-state index is 13.2. The van der Waals surface area contributed by atoms with E-state index in [-0.39, 0.29) is 11.5 Å². The highest BCUT2D eigenvalue weighted by atomic mass is 35.5. The van der Waals surface area contributed by atoms with Crippen LogP contribution < -0.4 is 14.8 Å². The van der Waals surface area contributed by atoms with Crippen LogP contribution in [0.4, 0.5) is 14.5 Å². The van der Waals surface area contributed by atoms with Crippen molar-refractivity contribution >= 4 is 23.2 Å². The van der Waals surface area contributed by atoms with Gasteiger partial charge in [0, 0.05) is 27.9 Å². The van der Waals surface area contributed by atoms with E-state index >= 15 is 0 Å². The molecule has 7 heteroatoms. The van der Waals surface area contributed by atoms with E-state index in [1.165, 1.54) is 23.8 Å². The molecule has 1 heterocycles. The van der Waals surface area contributed by atoms with Gasteiger partial charge in [0.1, 0.15) is 0 Å². The normalized spacial score (nSPS) is 14.1. The quantitative estimate of drug-likeness (QED) is 0.501. The molecule has 0 aliphatic carbocycles. The lowest BCUT2D eigenvalue weighted by Crippen LogP contribution is -2.25. The zero-order valence-electron chi connectivity index (χ0n) is 16.2. The van der Waals surface area contributed by atoms with E-state index in [1.54, 1.807) is 18.2 Å². The van der Waals surface area contributed by atoms with Gasteiger partial charge >= 0.3 is 6.29 Å². The van der Waals surface area contributed by atoms with Gasteiger partial charge in [-0.25, -0.2) is 0 Å². The molecule has 1 aliphatic heterocycles. The van der Waals surface area contributed by atoms with Crippen LogP contribution in [0.1, 0.15) is 35.7 Å². The van der Waals surface area contributed by atoms with Gasteiger partial charge in [0.2, 0.25) is 0 Å². The summed E-state index contributed by atoms with van der Waals surface area (Å²) in [6.07, 6.45) is -3.72. The molecule has 0 saturated heterocycles. The molecule has 154 valence electrons. The van der Waals surface area contributed by atoms with Crippen molar-refractivity contribution in [3.05, 3.63) is 76.8 Å². The first-order valence-electron chi connectivity index (χ1n) is 9.33. The fraction of sp³-hybridized carbons (Fsp3) is 0.174. The van der Waals surface area contributed by atoms with E-state index in [1.807, 2.05) is 24.3 Å². The Balaban J connectivity index is 1.64. The van der Waals surface area contributed by atoms with Crippen molar-refractivity contribution in [1.29, 1.82) is 0 Å². The van der Waals surface area contributed by atoms with Crippen LogP contribution in [0, 0.1) is 0 Å². The van der Waals surface area contributed by atoms with Crippen molar-refractivity contribution < 1.29 is 23.0 Å². The highest BCUT2D eigenvalue weighted by Gasteiger charge is 2.43. The Morgan fingerprint density at radius 3 is 2.40 bits per heavy atom. The van der Waals surface area contributed by atoms with Gasteiger partial charge in [0.25, 0.3) is 5.91 Å². The lowest BCUT2D eigenvalue weighted by Gasteiger charge is -2.14. The van der Waals surface area contributed by atoms with E-state index < -0.39 is 12.2 Å². The minimum Gasteiger partial charge on any atom is -0.395 e. The van der Waals surface area contributed by atoms with Crippen LogP contribution in [0.25, 0.3) is 11.1 Å². The molecule has 0 aromatic heterocycles. The van der Waals surface area contributed by atoms with Crippen molar-refractivity contribution in [3.8, 4) is 22.6 Å². The number of fused-ring (bicyclic) bond motifs is 1. The standard InChI is InChI=1S/C23H18ClF2NO3/c1-13(2)14-6-8-15(9-7-14)21-17(4-3-5-18(21)24)22(28)27-16-10-11-19-20(12-16)30-23(25,26)29-19/h3-13H,1-2H3,(H,27,28). The van der Waals surface area contributed by atoms with Crippen LogP contribution in [0.3, 0.4) is 0 Å². The Labute approximate surface area is 177 Å². The second-order valence-electron chi connectivity index (χ2n) is 7.22. The van der Waals surface area contributed by atoms with E-state index in [2.05, 4.69) is 28.6 Å². The zero-order chi connectivity index (χ0) is 21.5. The van der Waals surface area contributed by atoms with Crippen LogP contribution in [0.5, 0.6) is 11.5 Å². The number of hydrogen-bond donors (Lipinski definition) is 1. The van der Waals surface area contributed by atoms with Gasteiger partial charge in [0.15, 0.2) is 11.5 Å². The number of benzene rings is 3. The van der Waals surface area contributed by atoms with Gasteiger partial charge < -0.3 is 14.8 Å². The second kappa shape index (κ2) is 7.61. The van der Waals surface area contributed by atoms with Gasteiger partial charge in [0.05, 0.1) is 0 Å². The van der Waals surface area contributed by atoms with Crippen LogP contribution in [0.15, 0.2) is 60.7 Å². The van der Waals surface area contributed by atoms with Crippen LogP contribution in [-0.2, 0) is 0 Å². The summed E-state index contributed by atoms with van der Waals surface area (Å²) in [6.45, 7) is 4.20. The molecule has 3 aromatic rings. The first-order chi connectivity index (χ1) is 14.2. The number of nitrogens with one attached hydrogen (secondary N) is 1. The van der Waals surface area contributed by atoms with Crippen molar-refractivity contribution in [2.24, 2.45) is 0 Å². The summed E-state index contributed by atoms with van der Waals surface area (Å²) in [5.74, 6) is -0.280.